The molecule has 0 unspecified atom stereocenters. The highest BCUT2D eigenvalue weighted by atomic mass is 32.2. The molecule has 0 fully saturated rings. The van der Waals surface area contributed by atoms with Crippen LogP contribution in [0.1, 0.15) is 16.7 Å². The van der Waals surface area contributed by atoms with Gasteiger partial charge in [-0.25, -0.2) is 0 Å². The lowest BCUT2D eigenvalue weighted by atomic mass is 9.78. The zero-order valence-corrected chi connectivity index (χ0v) is 13.8. The van der Waals surface area contributed by atoms with Gasteiger partial charge in [0.05, 0.1) is 0 Å². The molecule has 0 aliphatic rings. The largest absolute Gasteiger partial charge is 0.598 e. The second kappa shape index (κ2) is 7.01. The standard InChI is InChI=1S/C20H19NOS/c1-23(22)21-20(17-11-5-2-6-12-17,18-13-7-3-8-14-18)19-15-9-4-10-16-19/h2-16,21H,1H3/t23-/m1/s1. The smallest absolute Gasteiger partial charge is 0.138 e. The van der Waals surface area contributed by atoms with Gasteiger partial charge >= 0.3 is 0 Å². The van der Waals surface area contributed by atoms with E-state index in [0.29, 0.717) is 0 Å². The summed E-state index contributed by atoms with van der Waals surface area (Å²) >= 11 is -1.19. The van der Waals surface area contributed by atoms with Crippen molar-refractivity contribution in [2.75, 3.05) is 6.26 Å². The first-order valence-electron chi connectivity index (χ1n) is 7.51. The van der Waals surface area contributed by atoms with Crippen molar-refractivity contribution >= 4 is 11.4 Å². The molecule has 0 radical (unpaired) electrons. The van der Waals surface area contributed by atoms with E-state index in [2.05, 4.69) is 41.1 Å². The van der Waals surface area contributed by atoms with Gasteiger partial charge in [0.25, 0.3) is 0 Å². The van der Waals surface area contributed by atoms with E-state index in [1.165, 1.54) is 0 Å². The van der Waals surface area contributed by atoms with Crippen LogP contribution >= 0.6 is 0 Å². The molecule has 116 valence electrons. The molecule has 23 heavy (non-hydrogen) atoms. The van der Waals surface area contributed by atoms with Crippen molar-refractivity contribution in [2.45, 2.75) is 5.54 Å². The molecule has 0 aromatic heterocycles. The number of rotatable bonds is 5. The van der Waals surface area contributed by atoms with Gasteiger partial charge in [0, 0.05) is 11.4 Å². The van der Waals surface area contributed by atoms with Crippen LogP contribution in [0.4, 0.5) is 0 Å². The molecule has 2 nitrogen and oxygen atoms in total. The number of benzene rings is 3. The van der Waals surface area contributed by atoms with Crippen LogP contribution in [-0.2, 0) is 16.9 Å². The van der Waals surface area contributed by atoms with Crippen LogP contribution in [0.2, 0.25) is 0 Å². The number of hydrogen-bond acceptors (Lipinski definition) is 2. The molecule has 0 bridgehead atoms. The predicted molar refractivity (Wildman–Crippen MR) is 96.4 cm³/mol. The van der Waals surface area contributed by atoms with Crippen LogP contribution in [0.25, 0.3) is 0 Å². The Morgan fingerprint density at radius 2 is 0.957 bits per heavy atom. The Balaban J connectivity index is 2.30. The Labute approximate surface area is 140 Å². The second-order valence-corrected chi connectivity index (χ2v) is 6.52. The van der Waals surface area contributed by atoms with Crippen LogP contribution in [0.3, 0.4) is 0 Å². The molecule has 1 atom stereocenters. The molecule has 0 saturated heterocycles. The second-order valence-electron chi connectivity index (χ2n) is 5.40. The molecule has 0 heterocycles. The van der Waals surface area contributed by atoms with E-state index in [1.807, 2.05) is 54.6 Å². The predicted octanol–water partition coefficient (Wildman–Crippen LogP) is 3.86. The lowest BCUT2D eigenvalue weighted by Gasteiger charge is -2.35. The van der Waals surface area contributed by atoms with Gasteiger partial charge < -0.3 is 4.55 Å². The maximum atomic E-state index is 12.2. The van der Waals surface area contributed by atoms with E-state index in [1.54, 1.807) is 6.26 Å². The molecule has 0 amide bonds. The van der Waals surface area contributed by atoms with Gasteiger partial charge in [-0.2, -0.15) is 0 Å². The third kappa shape index (κ3) is 3.17. The molecule has 0 aliphatic carbocycles. The zero-order valence-electron chi connectivity index (χ0n) is 13.0. The van der Waals surface area contributed by atoms with Crippen LogP contribution in [0, 0.1) is 0 Å². The minimum atomic E-state index is -1.19. The lowest BCUT2D eigenvalue weighted by Crippen LogP contribution is -2.47. The van der Waals surface area contributed by atoms with E-state index in [4.69, 9.17) is 0 Å². The lowest BCUT2D eigenvalue weighted by molar-refractivity contribution is 0.531. The maximum Gasteiger partial charge on any atom is 0.138 e. The fraction of sp³-hybridized carbons (Fsp3) is 0.100. The quantitative estimate of drug-likeness (QED) is 0.572. The Kier molecular flexibility index (Phi) is 4.82. The average molecular weight is 321 g/mol. The average Bonchev–Trinajstić information content (AvgIpc) is 2.62. The van der Waals surface area contributed by atoms with Crippen LogP contribution < -0.4 is 4.72 Å². The first kappa shape index (κ1) is 15.8. The van der Waals surface area contributed by atoms with Crippen LogP contribution in [0.15, 0.2) is 91.0 Å². The van der Waals surface area contributed by atoms with Gasteiger partial charge in [-0.15, -0.1) is 4.72 Å². The summed E-state index contributed by atoms with van der Waals surface area (Å²) in [7, 11) is 0. The van der Waals surface area contributed by atoms with E-state index in [9.17, 15) is 4.55 Å². The SMILES string of the molecule is C[S@@+]([O-])NC(c1ccccc1)(c1ccccc1)c1ccccc1. The van der Waals surface area contributed by atoms with Crippen molar-refractivity contribution in [1.29, 1.82) is 0 Å². The monoisotopic (exact) mass is 321 g/mol. The van der Waals surface area contributed by atoms with Crippen molar-refractivity contribution in [3.63, 3.8) is 0 Å². The van der Waals surface area contributed by atoms with Crippen molar-refractivity contribution in [3.8, 4) is 0 Å². The van der Waals surface area contributed by atoms with Gasteiger partial charge in [0.1, 0.15) is 11.8 Å². The van der Waals surface area contributed by atoms with Gasteiger partial charge in [-0.05, 0) is 16.7 Å². The van der Waals surface area contributed by atoms with Crippen LogP contribution in [0.5, 0.6) is 0 Å². The highest BCUT2D eigenvalue weighted by molar-refractivity contribution is 7.88. The van der Waals surface area contributed by atoms with Gasteiger partial charge in [-0.3, -0.25) is 0 Å². The first-order chi connectivity index (χ1) is 11.2. The van der Waals surface area contributed by atoms with E-state index >= 15 is 0 Å². The number of hydrogen-bond donors (Lipinski definition) is 1. The van der Waals surface area contributed by atoms with Crippen molar-refractivity contribution in [3.05, 3.63) is 108 Å². The molecule has 3 rings (SSSR count). The number of nitrogens with one attached hydrogen (secondary N) is 1. The molecular formula is C20H19NOS. The minimum Gasteiger partial charge on any atom is -0.598 e. The fourth-order valence-corrected chi connectivity index (χ4v) is 3.74. The van der Waals surface area contributed by atoms with Crippen LogP contribution in [-0.4, -0.2) is 10.8 Å². The maximum absolute atomic E-state index is 12.2. The molecule has 0 spiro atoms. The molecule has 3 aromatic carbocycles. The van der Waals surface area contributed by atoms with Crippen molar-refractivity contribution < 1.29 is 4.55 Å². The molecule has 1 N–H and O–H groups in total. The van der Waals surface area contributed by atoms with Crippen molar-refractivity contribution in [2.24, 2.45) is 0 Å². The third-order valence-corrected chi connectivity index (χ3v) is 4.51. The summed E-state index contributed by atoms with van der Waals surface area (Å²) < 4.78 is 15.5. The summed E-state index contributed by atoms with van der Waals surface area (Å²) in [6, 6.07) is 30.5. The molecular weight excluding hydrogens is 302 g/mol. The van der Waals surface area contributed by atoms with Gasteiger partial charge in [0.15, 0.2) is 0 Å². The molecule has 3 heteroatoms. The minimum absolute atomic E-state index is 0.649. The Bertz CT molecular complexity index is 633. The Morgan fingerprint density at radius 3 is 1.22 bits per heavy atom. The molecule has 0 aliphatic heterocycles. The van der Waals surface area contributed by atoms with Crippen molar-refractivity contribution in [1.82, 2.24) is 4.72 Å². The molecule has 3 aromatic rings. The summed E-state index contributed by atoms with van der Waals surface area (Å²) in [6.45, 7) is 0. The highest BCUT2D eigenvalue weighted by Gasteiger charge is 2.39. The Hall–Kier alpha value is -2.07. The summed E-state index contributed by atoms with van der Waals surface area (Å²) in [5, 5.41) is 0. The summed E-state index contributed by atoms with van der Waals surface area (Å²) in [5.41, 5.74) is 2.54. The van der Waals surface area contributed by atoms with E-state index < -0.39 is 16.9 Å². The van der Waals surface area contributed by atoms with Gasteiger partial charge in [-0.1, -0.05) is 91.0 Å². The first-order valence-corrected chi connectivity index (χ1v) is 9.07. The summed E-state index contributed by atoms with van der Waals surface area (Å²) in [6.07, 6.45) is 1.67. The molecule has 0 saturated carbocycles. The normalized spacial score (nSPS) is 12.8. The fourth-order valence-electron chi connectivity index (χ4n) is 2.96. The topological polar surface area (TPSA) is 35.1 Å². The zero-order chi connectivity index (χ0) is 16.1. The highest BCUT2D eigenvalue weighted by Crippen LogP contribution is 2.37. The third-order valence-electron chi connectivity index (χ3n) is 3.92. The Morgan fingerprint density at radius 1 is 0.652 bits per heavy atom. The van der Waals surface area contributed by atoms with E-state index in [-0.39, 0.29) is 0 Å². The summed E-state index contributed by atoms with van der Waals surface area (Å²) in [4.78, 5) is 0. The summed E-state index contributed by atoms with van der Waals surface area (Å²) in [5.74, 6) is 0. The van der Waals surface area contributed by atoms with E-state index in [0.717, 1.165) is 16.7 Å². The van der Waals surface area contributed by atoms with Gasteiger partial charge in [0.2, 0.25) is 0 Å².